The Bertz CT molecular complexity index is 524. The number of sulfone groups is 1. The Balaban J connectivity index is 2.32. The minimum Gasteiger partial charge on any atom is -0.300 e. The van der Waals surface area contributed by atoms with Crippen LogP contribution in [0, 0.1) is 0 Å². The van der Waals surface area contributed by atoms with Crippen LogP contribution in [0.3, 0.4) is 0 Å². The van der Waals surface area contributed by atoms with Crippen molar-refractivity contribution >= 4 is 27.2 Å². The van der Waals surface area contributed by atoms with Gasteiger partial charge in [0.05, 0.1) is 15.5 Å². The summed E-state index contributed by atoms with van der Waals surface area (Å²) >= 11 is 6.16. The molecular formula is C13H15ClO3S. The van der Waals surface area contributed by atoms with E-state index in [1.54, 1.807) is 30.3 Å². The molecule has 1 saturated carbocycles. The van der Waals surface area contributed by atoms with Crippen LogP contribution in [0.5, 0.6) is 0 Å². The van der Waals surface area contributed by atoms with Gasteiger partial charge in [0.2, 0.25) is 0 Å². The number of carbonyl (C=O) groups is 1. The van der Waals surface area contributed by atoms with E-state index in [-0.39, 0.29) is 10.7 Å². The molecule has 0 amide bonds. The van der Waals surface area contributed by atoms with Gasteiger partial charge in [0.25, 0.3) is 0 Å². The molecule has 5 heteroatoms. The Morgan fingerprint density at radius 1 is 1.06 bits per heavy atom. The van der Waals surface area contributed by atoms with Gasteiger partial charge in [0.1, 0.15) is 5.78 Å². The summed E-state index contributed by atoms with van der Waals surface area (Å²) in [4.78, 5) is 11.7. The van der Waals surface area contributed by atoms with Crippen molar-refractivity contribution in [3.05, 3.63) is 30.3 Å². The summed E-state index contributed by atoms with van der Waals surface area (Å²) < 4.78 is 24.9. The lowest BCUT2D eigenvalue weighted by Crippen LogP contribution is -2.29. The Labute approximate surface area is 112 Å². The van der Waals surface area contributed by atoms with Crippen LogP contribution in [0.2, 0.25) is 0 Å². The van der Waals surface area contributed by atoms with E-state index >= 15 is 0 Å². The molecule has 1 fully saturated rings. The predicted molar refractivity (Wildman–Crippen MR) is 70.5 cm³/mol. The van der Waals surface area contributed by atoms with Crippen molar-refractivity contribution in [1.82, 2.24) is 0 Å². The van der Waals surface area contributed by atoms with Gasteiger partial charge in [-0.25, -0.2) is 8.42 Å². The third kappa shape index (κ3) is 2.75. The van der Waals surface area contributed by atoms with Crippen molar-refractivity contribution in [3.63, 3.8) is 0 Å². The Hall–Kier alpha value is -0.870. The fraction of sp³-hybridized carbons (Fsp3) is 0.462. The lowest BCUT2D eigenvalue weighted by atomic mass is 10.2. The zero-order valence-corrected chi connectivity index (χ0v) is 11.5. The van der Waals surface area contributed by atoms with E-state index in [1.807, 2.05) is 0 Å². The first kappa shape index (κ1) is 13.6. The van der Waals surface area contributed by atoms with Gasteiger partial charge in [0.15, 0.2) is 9.84 Å². The smallest absolute Gasteiger partial charge is 0.182 e. The van der Waals surface area contributed by atoms with Crippen LogP contribution in [-0.2, 0) is 14.6 Å². The van der Waals surface area contributed by atoms with E-state index in [2.05, 4.69) is 0 Å². The minimum absolute atomic E-state index is 0.103. The Kier molecular flexibility index (Phi) is 4.07. The molecular weight excluding hydrogens is 272 g/mol. The molecule has 98 valence electrons. The molecule has 1 aromatic carbocycles. The number of Topliss-reactive ketones (excluding diaryl/α,β-unsaturated/α-hetero) is 1. The lowest BCUT2D eigenvalue weighted by molar-refractivity contribution is -0.118. The third-order valence-corrected chi connectivity index (χ3v) is 6.24. The van der Waals surface area contributed by atoms with Crippen molar-refractivity contribution in [3.8, 4) is 0 Å². The standard InChI is InChI=1S/C13H15ClO3S/c14-12-8-6-10(15)7-9-13(12)18(16,17)11-4-2-1-3-5-11/h1-5,12-13H,6-9H2. The molecule has 0 radical (unpaired) electrons. The van der Waals surface area contributed by atoms with Gasteiger partial charge < -0.3 is 0 Å². The van der Waals surface area contributed by atoms with E-state index in [4.69, 9.17) is 11.6 Å². The minimum atomic E-state index is -3.44. The largest absolute Gasteiger partial charge is 0.300 e. The number of alkyl halides is 1. The summed E-state index contributed by atoms with van der Waals surface area (Å²) in [7, 11) is -3.44. The van der Waals surface area contributed by atoms with Crippen LogP contribution in [0.15, 0.2) is 35.2 Å². The number of benzene rings is 1. The Morgan fingerprint density at radius 3 is 2.33 bits per heavy atom. The Morgan fingerprint density at radius 2 is 1.67 bits per heavy atom. The molecule has 3 nitrogen and oxygen atoms in total. The number of ketones is 1. The zero-order chi connectivity index (χ0) is 13.2. The fourth-order valence-corrected chi connectivity index (χ4v) is 4.71. The van der Waals surface area contributed by atoms with Crippen LogP contribution >= 0.6 is 11.6 Å². The molecule has 0 saturated heterocycles. The summed E-state index contributed by atoms with van der Waals surface area (Å²) in [5.74, 6) is 0.103. The molecule has 18 heavy (non-hydrogen) atoms. The van der Waals surface area contributed by atoms with Gasteiger partial charge in [-0.15, -0.1) is 11.6 Å². The van der Waals surface area contributed by atoms with E-state index in [9.17, 15) is 13.2 Å². The second kappa shape index (κ2) is 5.41. The summed E-state index contributed by atoms with van der Waals surface area (Å²) in [5, 5.41) is -1.14. The summed E-state index contributed by atoms with van der Waals surface area (Å²) in [6.45, 7) is 0. The van der Waals surface area contributed by atoms with Crippen molar-refractivity contribution in [2.45, 2.75) is 41.2 Å². The normalized spacial score (nSPS) is 25.7. The predicted octanol–water partition coefficient (Wildman–Crippen LogP) is 2.58. The average molecular weight is 287 g/mol. The van der Waals surface area contributed by atoms with Crippen molar-refractivity contribution in [2.75, 3.05) is 0 Å². The monoisotopic (exact) mass is 286 g/mol. The maximum Gasteiger partial charge on any atom is 0.182 e. The number of rotatable bonds is 2. The third-order valence-electron chi connectivity index (χ3n) is 3.28. The lowest BCUT2D eigenvalue weighted by Gasteiger charge is -2.19. The second-order valence-electron chi connectivity index (χ2n) is 4.53. The van der Waals surface area contributed by atoms with Gasteiger partial charge in [0, 0.05) is 12.8 Å². The van der Waals surface area contributed by atoms with E-state index in [0.29, 0.717) is 25.7 Å². The van der Waals surface area contributed by atoms with Crippen LogP contribution in [0.4, 0.5) is 0 Å². The number of carbonyl (C=O) groups excluding carboxylic acids is 1. The van der Waals surface area contributed by atoms with Crippen LogP contribution in [-0.4, -0.2) is 24.8 Å². The van der Waals surface area contributed by atoms with Gasteiger partial charge >= 0.3 is 0 Å². The number of hydrogen-bond acceptors (Lipinski definition) is 3. The molecule has 0 aromatic heterocycles. The molecule has 1 aliphatic carbocycles. The number of halogens is 1. The molecule has 0 aliphatic heterocycles. The summed E-state index contributed by atoms with van der Waals surface area (Å²) in [5.41, 5.74) is 0. The van der Waals surface area contributed by atoms with Crippen molar-refractivity contribution in [2.24, 2.45) is 0 Å². The van der Waals surface area contributed by atoms with Crippen molar-refractivity contribution < 1.29 is 13.2 Å². The van der Waals surface area contributed by atoms with Crippen molar-refractivity contribution in [1.29, 1.82) is 0 Å². The molecule has 0 bridgehead atoms. The van der Waals surface area contributed by atoms with Gasteiger partial charge in [-0.05, 0) is 25.0 Å². The van der Waals surface area contributed by atoms with Gasteiger partial charge in [-0.1, -0.05) is 18.2 Å². The topological polar surface area (TPSA) is 51.2 Å². The van der Waals surface area contributed by atoms with E-state index in [0.717, 1.165) is 0 Å². The molecule has 0 N–H and O–H groups in total. The maximum atomic E-state index is 12.5. The fourth-order valence-electron chi connectivity index (χ4n) is 2.23. The molecule has 1 aromatic rings. The molecule has 2 atom stereocenters. The van der Waals surface area contributed by atoms with E-state index in [1.165, 1.54) is 0 Å². The first-order valence-corrected chi connectivity index (χ1v) is 7.95. The highest BCUT2D eigenvalue weighted by Crippen LogP contribution is 2.30. The van der Waals surface area contributed by atoms with Gasteiger partial charge in [-0.3, -0.25) is 4.79 Å². The molecule has 0 heterocycles. The highest BCUT2D eigenvalue weighted by atomic mass is 35.5. The SMILES string of the molecule is O=C1CCC(Cl)C(S(=O)(=O)c2ccccc2)CC1. The first-order valence-electron chi connectivity index (χ1n) is 5.96. The molecule has 0 spiro atoms. The average Bonchev–Trinajstić information content (AvgIpc) is 2.53. The van der Waals surface area contributed by atoms with Crippen LogP contribution in [0.1, 0.15) is 25.7 Å². The highest BCUT2D eigenvalue weighted by Gasteiger charge is 2.35. The quantitative estimate of drug-likeness (QED) is 0.620. The van der Waals surface area contributed by atoms with Crippen LogP contribution < -0.4 is 0 Å². The van der Waals surface area contributed by atoms with E-state index < -0.39 is 20.5 Å². The molecule has 2 unspecified atom stereocenters. The maximum absolute atomic E-state index is 12.5. The van der Waals surface area contributed by atoms with Crippen LogP contribution in [0.25, 0.3) is 0 Å². The summed E-state index contributed by atoms with van der Waals surface area (Å²) in [6.07, 6.45) is 1.45. The zero-order valence-electron chi connectivity index (χ0n) is 9.88. The highest BCUT2D eigenvalue weighted by molar-refractivity contribution is 7.92. The summed E-state index contributed by atoms with van der Waals surface area (Å²) in [6, 6.07) is 8.31. The first-order chi connectivity index (χ1) is 8.51. The van der Waals surface area contributed by atoms with Gasteiger partial charge in [-0.2, -0.15) is 0 Å². The second-order valence-corrected chi connectivity index (χ2v) is 7.26. The number of hydrogen-bond donors (Lipinski definition) is 0. The molecule has 1 aliphatic rings. The molecule has 2 rings (SSSR count).